The fourth-order valence-electron chi connectivity index (χ4n) is 2.68. The zero-order valence-electron chi connectivity index (χ0n) is 13.4. The zero-order chi connectivity index (χ0) is 16.2. The molecule has 0 bridgehead atoms. The van der Waals surface area contributed by atoms with Crippen molar-refractivity contribution in [3.63, 3.8) is 0 Å². The van der Waals surface area contributed by atoms with Gasteiger partial charge in [-0.3, -0.25) is 9.78 Å². The van der Waals surface area contributed by atoms with Crippen LogP contribution in [-0.2, 0) is 4.79 Å². The fraction of sp³-hybridized carbons (Fsp3) is 0.333. The number of hydrogen-bond acceptors (Lipinski definition) is 4. The third kappa shape index (κ3) is 3.87. The molecule has 0 spiro atoms. The number of carbonyl (C=O) groups excluding carboxylic acids is 1. The van der Waals surface area contributed by atoms with Gasteiger partial charge >= 0.3 is 0 Å². The second-order valence-corrected chi connectivity index (χ2v) is 6.00. The van der Waals surface area contributed by atoms with Crippen molar-refractivity contribution in [3.05, 3.63) is 48.3 Å². The lowest BCUT2D eigenvalue weighted by molar-refractivity contribution is -0.120. The molecule has 5 heteroatoms. The van der Waals surface area contributed by atoms with Crippen molar-refractivity contribution in [3.8, 4) is 11.5 Å². The van der Waals surface area contributed by atoms with Gasteiger partial charge in [0.1, 0.15) is 11.5 Å². The number of aryl methyl sites for hydroxylation is 1. The monoisotopic (exact) mass is 311 g/mol. The van der Waals surface area contributed by atoms with Gasteiger partial charge in [0, 0.05) is 24.0 Å². The van der Waals surface area contributed by atoms with Gasteiger partial charge in [-0.1, -0.05) is 13.0 Å². The first kappa shape index (κ1) is 15.5. The van der Waals surface area contributed by atoms with E-state index in [1.165, 1.54) is 0 Å². The summed E-state index contributed by atoms with van der Waals surface area (Å²) < 4.78 is 5.78. The van der Waals surface area contributed by atoms with Crippen molar-refractivity contribution in [1.82, 2.24) is 10.3 Å². The number of nitrogens with zero attached hydrogens (tertiary/aromatic N) is 1. The van der Waals surface area contributed by atoms with Gasteiger partial charge in [0.25, 0.3) is 0 Å². The Morgan fingerprint density at radius 1 is 1.26 bits per heavy atom. The van der Waals surface area contributed by atoms with Crippen molar-refractivity contribution in [2.75, 3.05) is 18.4 Å². The summed E-state index contributed by atoms with van der Waals surface area (Å²) in [6.45, 7) is 5.65. The van der Waals surface area contributed by atoms with Crippen LogP contribution in [0, 0.1) is 18.8 Å². The molecular weight excluding hydrogens is 290 g/mol. The lowest BCUT2D eigenvalue weighted by Crippen LogP contribution is -2.27. The topological polar surface area (TPSA) is 63.2 Å². The zero-order valence-corrected chi connectivity index (χ0v) is 13.4. The summed E-state index contributed by atoms with van der Waals surface area (Å²) in [6.07, 6.45) is 1.69. The molecule has 2 heterocycles. The Kier molecular flexibility index (Phi) is 4.57. The summed E-state index contributed by atoms with van der Waals surface area (Å²) in [6, 6.07) is 11.2. The lowest BCUT2D eigenvalue weighted by atomic mass is 9.97. The van der Waals surface area contributed by atoms with Crippen LogP contribution in [0.3, 0.4) is 0 Å². The molecular formula is C18H21N3O2. The van der Waals surface area contributed by atoms with Crippen molar-refractivity contribution >= 4 is 11.6 Å². The Labute approximate surface area is 136 Å². The summed E-state index contributed by atoms with van der Waals surface area (Å²) in [5.74, 6) is 1.77. The number of carbonyl (C=O) groups is 1. The first-order chi connectivity index (χ1) is 11.1. The number of pyridine rings is 1. The van der Waals surface area contributed by atoms with E-state index in [4.69, 9.17) is 4.74 Å². The van der Waals surface area contributed by atoms with Crippen molar-refractivity contribution in [1.29, 1.82) is 0 Å². The van der Waals surface area contributed by atoms with Crippen LogP contribution in [0.15, 0.2) is 42.6 Å². The minimum atomic E-state index is 0.0147. The van der Waals surface area contributed by atoms with E-state index in [0.717, 1.165) is 24.5 Å². The van der Waals surface area contributed by atoms with Gasteiger partial charge in [-0.15, -0.1) is 0 Å². The molecule has 0 aliphatic carbocycles. The predicted molar refractivity (Wildman–Crippen MR) is 89.6 cm³/mol. The van der Waals surface area contributed by atoms with Crippen LogP contribution in [-0.4, -0.2) is 24.0 Å². The standard InChI is InChI=1S/C18H21N3O2/c1-12-9-19-11-17(12)18(22)21-14-4-3-5-15(8-14)23-16-7-6-13(2)20-10-16/h3-8,10,12,17,19H,9,11H2,1-2H3,(H,21,22)/t12-,17-/m0/s1. The van der Waals surface area contributed by atoms with Gasteiger partial charge in [-0.25, -0.2) is 0 Å². The number of ether oxygens (including phenoxy) is 1. The molecule has 0 unspecified atom stereocenters. The van der Waals surface area contributed by atoms with Crippen LogP contribution >= 0.6 is 0 Å². The Hall–Kier alpha value is -2.40. The second-order valence-electron chi connectivity index (χ2n) is 6.00. The van der Waals surface area contributed by atoms with Gasteiger partial charge in [0.05, 0.1) is 12.1 Å². The number of rotatable bonds is 4. The molecule has 2 atom stereocenters. The third-order valence-electron chi connectivity index (χ3n) is 4.08. The molecule has 23 heavy (non-hydrogen) atoms. The maximum absolute atomic E-state index is 12.3. The summed E-state index contributed by atoms with van der Waals surface area (Å²) in [5, 5.41) is 6.22. The number of aromatic nitrogens is 1. The number of nitrogens with one attached hydrogen (secondary N) is 2. The molecule has 1 aromatic heterocycles. The molecule has 5 nitrogen and oxygen atoms in total. The smallest absolute Gasteiger partial charge is 0.229 e. The van der Waals surface area contributed by atoms with E-state index in [1.54, 1.807) is 6.20 Å². The molecule has 3 rings (SSSR count). The number of anilines is 1. The van der Waals surface area contributed by atoms with Crippen LogP contribution in [0.25, 0.3) is 0 Å². The van der Waals surface area contributed by atoms with Crippen molar-refractivity contribution in [2.45, 2.75) is 13.8 Å². The van der Waals surface area contributed by atoms with Gasteiger partial charge in [0.15, 0.2) is 0 Å². The van der Waals surface area contributed by atoms with E-state index in [0.29, 0.717) is 17.4 Å². The highest BCUT2D eigenvalue weighted by Gasteiger charge is 2.29. The SMILES string of the molecule is Cc1ccc(Oc2cccc(NC(=O)[C@H]3CNC[C@@H]3C)c2)cn1. The Balaban J connectivity index is 1.67. The first-order valence-electron chi connectivity index (χ1n) is 7.84. The molecule has 1 saturated heterocycles. The first-order valence-corrected chi connectivity index (χ1v) is 7.84. The van der Waals surface area contributed by atoms with Gasteiger partial charge < -0.3 is 15.4 Å². The van der Waals surface area contributed by atoms with E-state index in [-0.39, 0.29) is 11.8 Å². The maximum atomic E-state index is 12.3. The number of benzene rings is 1. The molecule has 0 radical (unpaired) electrons. The Morgan fingerprint density at radius 3 is 2.83 bits per heavy atom. The lowest BCUT2D eigenvalue weighted by Gasteiger charge is -2.14. The molecule has 2 N–H and O–H groups in total. The van der Waals surface area contributed by atoms with E-state index in [2.05, 4.69) is 22.5 Å². The molecule has 120 valence electrons. The average molecular weight is 311 g/mol. The predicted octanol–water partition coefficient (Wildman–Crippen LogP) is 2.98. The number of hydrogen-bond donors (Lipinski definition) is 2. The molecule has 0 saturated carbocycles. The maximum Gasteiger partial charge on any atom is 0.229 e. The van der Waals surface area contributed by atoms with E-state index in [1.807, 2.05) is 43.3 Å². The summed E-state index contributed by atoms with van der Waals surface area (Å²) >= 11 is 0. The highest BCUT2D eigenvalue weighted by Crippen LogP contribution is 2.25. The summed E-state index contributed by atoms with van der Waals surface area (Å²) in [5.41, 5.74) is 1.68. The highest BCUT2D eigenvalue weighted by atomic mass is 16.5. The summed E-state index contributed by atoms with van der Waals surface area (Å²) in [7, 11) is 0. The Bertz CT molecular complexity index is 685. The largest absolute Gasteiger partial charge is 0.456 e. The minimum Gasteiger partial charge on any atom is -0.456 e. The normalized spacial score (nSPS) is 20.3. The summed E-state index contributed by atoms with van der Waals surface area (Å²) in [4.78, 5) is 16.5. The van der Waals surface area contributed by atoms with Crippen molar-refractivity contribution < 1.29 is 9.53 Å². The quantitative estimate of drug-likeness (QED) is 0.911. The molecule has 2 aromatic rings. The van der Waals surface area contributed by atoms with Crippen LogP contribution in [0.2, 0.25) is 0 Å². The highest BCUT2D eigenvalue weighted by molar-refractivity contribution is 5.93. The van der Waals surface area contributed by atoms with Gasteiger partial charge in [-0.05, 0) is 43.7 Å². The van der Waals surface area contributed by atoms with Crippen LogP contribution < -0.4 is 15.4 Å². The molecule has 1 aromatic carbocycles. The average Bonchev–Trinajstić information content (AvgIpc) is 2.96. The molecule has 1 aliphatic rings. The minimum absolute atomic E-state index is 0.0147. The van der Waals surface area contributed by atoms with E-state index >= 15 is 0 Å². The fourth-order valence-corrected chi connectivity index (χ4v) is 2.68. The van der Waals surface area contributed by atoms with Crippen LogP contribution in [0.4, 0.5) is 5.69 Å². The number of amides is 1. The second kappa shape index (κ2) is 6.79. The van der Waals surface area contributed by atoms with Gasteiger partial charge in [0.2, 0.25) is 5.91 Å². The van der Waals surface area contributed by atoms with E-state index in [9.17, 15) is 4.79 Å². The third-order valence-corrected chi connectivity index (χ3v) is 4.08. The van der Waals surface area contributed by atoms with Crippen LogP contribution in [0.5, 0.6) is 11.5 Å². The van der Waals surface area contributed by atoms with E-state index < -0.39 is 0 Å². The van der Waals surface area contributed by atoms with Crippen LogP contribution in [0.1, 0.15) is 12.6 Å². The Morgan fingerprint density at radius 2 is 2.13 bits per heavy atom. The molecule has 1 amide bonds. The molecule has 1 aliphatic heterocycles. The van der Waals surface area contributed by atoms with Crippen molar-refractivity contribution in [2.24, 2.45) is 11.8 Å². The molecule has 1 fully saturated rings. The van der Waals surface area contributed by atoms with Gasteiger partial charge in [-0.2, -0.15) is 0 Å².